The normalized spacial score (nSPS) is 25.8. The SMILES string of the molecule is CCC(C)(CC(O)COC1CCCCC1)OC1CCCCC1. The van der Waals surface area contributed by atoms with Crippen molar-refractivity contribution < 1.29 is 14.6 Å². The Bertz CT molecular complexity index is 295. The Hall–Kier alpha value is -0.120. The third kappa shape index (κ3) is 6.17. The Balaban J connectivity index is 1.72. The van der Waals surface area contributed by atoms with E-state index in [0.29, 0.717) is 25.2 Å². The van der Waals surface area contributed by atoms with Crippen molar-refractivity contribution in [1.82, 2.24) is 0 Å². The van der Waals surface area contributed by atoms with Gasteiger partial charge in [0.1, 0.15) is 0 Å². The topological polar surface area (TPSA) is 38.7 Å². The van der Waals surface area contributed by atoms with E-state index in [1.807, 2.05) is 0 Å². The molecule has 2 fully saturated rings. The zero-order valence-electron chi connectivity index (χ0n) is 14.7. The van der Waals surface area contributed by atoms with Gasteiger partial charge in [-0.1, -0.05) is 45.4 Å². The van der Waals surface area contributed by atoms with Gasteiger partial charge in [0.2, 0.25) is 0 Å². The van der Waals surface area contributed by atoms with Crippen LogP contribution in [0.25, 0.3) is 0 Å². The highest BCUT2D eigenvalue weighted by Gasteiger charge is 2.31. The lowest BCUT2D eigenvalue weighted by Gasteiger charge is -2.36. The fraction of sp³-hybridized carbons (Fsp3) is 1.00. The summed E-state index contributed by atoms with van der Waals surface area (Å²) in [5, 5.41) is 10.4. The minimum atomic E-state index is -0.407. The first-order valence-corrected chi connectivity index (χ1v) is 9.59. The maximum Gasteiger partial charge on any atom is 0.0801 e. The molecule has 2 atom stereocenters. The van der Waals surface area contributed by atoms with Crippen LogP contribution in [0, 0.1) is 0 Å². The molecule has 1 N–H and O–H groups in total. The first-order chi connectivity index (χ1) is 10.6. The van der Waals surface area contributed by atoms with E-state index in [4.69, 9.17) is 9.47 Å². The molecule has 2 unspecified atom stereocenters. The van der Waals surface area contributed by atoms with Crippen LogP contribution in [0.1, 0.15) is 90.9 Å². The maximum absolute atomic E-state index is 10.4. The minimum absolute atomic E-state index is 0.211. The molecule has 0 spiro atoms. The molecule has 22 heavy (non-hydrogen) atoms. The molecule has 2 aliphatic rings. The van der Waals surface area contributed by atoms with Crippen LogP contribution in [0.4, 0.5) is 0 Å². The highest BCUT2D eigenvalue weighted by atomic mass is 16.5. The summed E-state index contributed by atoms with van der Waals surface area (Å²) in [6.45, 7) is 4.79. The van der Waals surface area contributed by atoms with E-state index in [1.165, 1.54) is 51.4 Å². The summed E-state index contributed by atoms with van der Waals surface area (Å²) in [6, 6.07) is 0. The molecule has 0 aliphatic heterocycles. The van der Waals surface area contributed by atoms with Crippen molar-refractivity contribution in [1.29, 1.82) is 0 Å². The lowest BCUT2D eigenvalue weighted by molar-refractivity contribution is -0.126. The van der Waals surface area contributed by atoms with Gasteiger partial charge in [0.15, 0.2) is 0 Å². The molecule has 0 aromatic rings. The summed E-state index contributed by atoms with van der Waals surface area (Å²) in [5.41, 5.74) is -0.211. The molecular weight excluding hydrogens is 276 g/mol. The fourth-order valence-electron chi connectivity index (χ4n) is 3.90. The number of aliphatic hydroxyl groups excluding tert-OH is 1. The highest BCUT2D eigenvalue weighted by molar-refractivity contribution is 4.81. The Kier molecular flexibility index (Phi) is 7.66. The summed E-state index contributed by atoms with van der Waals surface area (Å²) < 4.78 is 12.3. The van der Waals surface area contributed by atoms with Gasteiger partial charge in [0, 0.05) is 6.42 Å². The standard InChI is InChI=1S/C19H36O3/c1-3-19(2,22-18-12-8-5-9-13-18)14-16(20)15-21-17-10-6-4-7-11-17/h16-18,20H,3-15H2,1-2H3. The predicted molar refractivity (Wildman–Crippen MR) is 90.1 cm³/mol. The Morgan fingerprint density at radius 3 is 2.05 bits per heavy atom. The Morgan fingerprint density at radius 2 is 1.50 bits per heavy atom. The van der Waals surface area contributed by atoms with Crippen molar-refractivity contribution in [2.75, 3.05) is 6.61 Å². The number of hydrogen-bond acceptors (Lipinski definition) is 3. The number of rotatable bonds is 8. The van der Waals surface area contributed by atoms with E-state index < -0.39 is 6.10 Å². The second-order valence-corrected chi connectivity index (χ2v) is 7.63. The van der Waals surface area contributed by atoms with Crippen LogP contribution in [0.3, 0.4) is 0 Å². The van der Waals surface area contributed by atoms with Gasteiger partial charge in [0.25, 0.3) is 0 Å². The van der Waals surface area contributed by atoms with E-state index in [2.05, 4.69) is 13.8 Å². The first kappa shape index (κ1) is 18.2. The van der Waals surface area contributed by atoms with Gasteiger partial charge < -0.3 is 14.6 Å². The minimum Gasteiger partial charge on any atom is -0.391 e. The van der Waals surface area contributed by atoms with Gasteiger partial charge in [-0.15, -0.1) is 0 Å². The third-order valence-corrected chi connectivity index (χ3v) is 5.50. The first-order valence-electron chi connectivity index (χ1n) is 9.59. The molecular formula is C19H36O3. The van der Waals surface area contributed by atoms with Crippen LogP contribution in [0.15, 0.2) is 0 Å². The lowest BCUT2D eigenvalue weighted by atomic mass is 9.92. The lowest BCUT2D eigenvalue weighted by Crippen LogP contribution is -2.39. The second kappa shape index (κ2) is 9.24. The van der Waals surface area contributed by atoms with Gasteiger partial charge in [-0.05, 0) is 39.0 Å². The molecule has 0 bridgehead atoms. The summed E-state index contributed by atoms with van der Waals surface area (Å²) in [4.78, 5) is 0. The van der Waals surface area contributed by atoms with Crippen LogP contribution in [0.5, 0.6) is 0 Å². The largest absolute Gasteiger partial charge is 0.391 e. The molecule has 0 aromatic carbocycles. The van der Waals surface area contributed by atoms with Crippen molar-refractivity contribution in [3.05, 3.63) is 0 Å². The predicted octanol–water partition coefficient (Wildman–Crippen LogP) is 4.60. The zero-order valence-corrected chi connectivity index (χ0v) is 14.7. The smallest absolute Gasteiger partial charge is 0.0801 e. The van der Waals surface area contributed by atoms with Crippen LogP contribution in [-0.2, 0) is 9.47 Å². The van der Waals surface area contributed by atoms with Gasteiger partial charge in [-0.3, -0.25) is 0 Å². The maximum atomic E-state index is 10.4. The molecule has 2 saturated carbocycles. The number of ether oxygens (including phenoxy) is 2. The molecule has 0 heterocycles. The summed E-state index contributed by atoms with van der Waals surface area (Å²) >= 11 is 0. The fourth-order valence-corrected chi connectivity index (χ4v) is 3.90. The highest BCUT2D eigenvalue weighted by Crippen LogP contribution is 2.30. The third-order valence-electron chi connectivity index (χ3n) is 5.50. The molecule has 3 nitrogen and oxygen atoms in total. The zero-order chi connectivity index (χ0) is 15.8. The summed E-state index contributed by atoms with van der Waals surface area (Å²) in [7, 11) is 0. The van der Waals surface area contributed by atoms with E-state index in [1.54, 1.807) is 0 Å². The van der Waals surface area contributed by atoms with E-state index in [9.17, 15) is 5.11 Å². The molecule has 2 aliphatic carbocycles. The Morgan fingerprint density at radius 1 is 0.955 bits per heavy atom. The number of aliphatic hydroxyl groups is 1. The summed E-state index contributed by atoms with van der Waals surface area (Å²) in [5.74, 6) is 0. The average Bonchev–Trinajstić information content (AvgIpc) is 2.55. The van der Waals surface area contributed by atoms with Gasteiger partial charge >= 0.3 is 0 Å². The summed E-state index contributed by atoms with van der Waals surface area (Å²) in [6.07, 6.45) is 14.5. The van der Waals surface area contributed by atoms with Gasteiger partial charge in [0.05, 0.1) is 30.5 Å². The van der Waals surface area contributed by atoms with E-state index in [-0.39, 0.29) is 5.60 Å². The van der Waals surface area contributed by atoms with Crippen LogP contribution < -0.4 is 0 Å². The molecule has 0 saturated heterocycles. The van der Waals surface area contributed by atoms with Crippen molar-refractivity contribution in [2.45, 2.75) is 115 Å². The molecule has 130 valence electrons. The Labute approximate surface area is 136 Å². The average molecular weight is 312 g/mol. The van der Waals surface area contributed by atoms with Crippen LogP contribution in [0.2, 0.25) is 0 Å². The monoisotopic (exact) mass is 312 g/mol. The van der Waals surface area contributed by atoms with Crippen LogP contribution >= 0.6 is 0 Å². The quantitative estimate of drug-likeness (QED) is 0.711. The van der Waals surface area contributed by atoms with Crippen molar-refractivity contribution >= 4 is 0 Å². The second-order valence-electron chi connectivity index (χ2n) is 7.63. The number of hydrogen-bond donors (Lipinski definition) is 1. The molecule has 2 rings (SSSR count). The molecule has 0 amide bonds. The molecule has 0 radical (unpaired) electrons. The van der Waals surface area contributed by atoms with Crippen LogP contribution in [-0.4, -0.2) is 35.6 Å². The van der Waals surface area contributed by atoms with Gasteiger partial charge in [-0.25, -0.2) is 0 Å². The van der Waals surface area contributed by atoms with Crippen molar-refractivity contribution in [3.8, 4) is 0 Å². The molecule has 0 aromatic heterocycles. The van der Waals surface area contributed by atoms with Crippen molar-refractivity contribution in [3.63, 3.8) is 0 Å². The van der Waals surface area contributed by atoms with Gasteiger partial charge in [-0.2, -0.15) is 0 Å². The van der Waals surface area contributed by atoms with E-state index in [0.717, 1.165) is 19.3 Å². The van der Waals surface area contributed by atoms with Crippen molar-refractivity contribution in [2.24, 2.45) is 0 Å². The molecule has 3 heteroatoms. The van der Waals surface area contributed by atoms with E-state index >= 15 is 0 Å².